The molecule has 3 rings (SSSR count). The average Bonchev–Trinajstić information content (AvgIpc) is 3.02. The van der Waals surface area contributed by atoms with Crippen LogP contribution >= 0.6 is 0 Å². The standard InChI is InChI=1S/C19H20F3N3O2/c1-12-8-13(2)24-18(23-12)27-16-6-7-25(11-16)17(26)10-14-4-3-5-15(9-14)19(20,21)22/h3-5,8-9,16H,6-7,10-11H2,1-2H3/t16-/m0/s1. The number of ether oxygens (including phenoxy) is 1. The lowest BCUT2D eigenvalue weighted by Crippen LogP contribution is -2.32. The summed E-state index contributed by atoms with van der Waals surface area (Å²) >= 11 is 0. The van der Waals surface area contributed by atoms with Crippen LogP contribution in [0.2, 0.25) is 0 Å². The first kappa shape index (κ1) is 19.1. The summed E-state index contributed by atoms with van der Waals surface area (Å²) in [6.07, 6.45) is -4.09. The molecule has 27 heavy (non-hydrogen) atoms. The normalized spacial score (nSPS) is 17.2. The second-order valence-electron chi connectivity index (χ2n) is 6.68. The molecule has 0 spiro atoms. The Balaban J connectivity index is 1.59. The number of nitrogens with zero attached hydrogens (tertiary/aromatic N) is 3. The van der Waals surface area contributed by atoms with E-state index in [4.69, 9.17) is 4.74 Å². The van der Waals surface area contributed by atoms with Crippen LogP contribution in [0, 0.1) is 13.8 Å². The third-order valence-electron chi connectivity index (χ3n) is 4.34. The van der Waals surface area contributed by atoms with Gasteiger partial charge in [-0.15, -0.1) is 0 Å². The molecule has 1 aromatic heterocycles. The Hall–Kier alpha value is -2.64. The lowest BCUT2D eigenvalue weighted by molar-refractivity contribution is -0.138. The number of carbonyl (C=O) groups excluding carboxylic acids is 1. The van der Waals surface area contributed by atoms with E-state index in [1.807, 2.05) is 19.9 Å². The van der Waals surface area contributed by atoms with Crippen LogP contribution in [0.25, 0.3) is 0 Å². The number of hydrogen-bond donors (Lipinski definition) is 0. The lowest BCUT2D eigenvalue weighted by atomic mass is 10.1. The third kappa shape index (κ3) is 4.96. The molecule has 1 atom stereocenters. The molecule has 1 aliphatic rings. The summed E-state index contributed by atoms with van der Waals surface area (Å²) in [6, 6.07) is 6.99. The van der Waals surface area contributed by atoms with Crippen LogP contribution in [-0.2, 0) is 17.4 Å². The first-order valence-electron chi connectivity index (χ1n) is 8.63. The molecule has 1 saturated heterocycles. The van der Waals surface area contributed by atoms with Crippen LogP contribution in [-0.4, -0.2) is 40.0 Å². The van der Waals surface area contributed by atoms with E-state index in [1.165, 1.54) is 12.1 Å². The maximum Gasteiger partial charge on any atom is 0.416 e. The van der Waals surface area contributed by atoms with Gasteiger partial charge in [-0.2, -0.15) is 13.2 Å². The quantitative estimate of drug-likeness (QED) is 0.818. The van der Waals surface area contributed by atoms with Gasteiger partial charge >= 0.3 is 12.2 Å². The van der Waals surface area contributed by atoms with Crippen molar-refractivity contribution in [3.05, 3.63) is 52.8 Å². The van der Waals surface area contributed by atoms with E-state index in [0.717, 1.165) is 23.5 Å². The van der Waals surface area contributed by atoms with Gasteiger partial charge in [0.15, 0.2) is 0 Å². The highest BCUT2D eigenvalue weighted by Gasteiger charge is 2.31. The highest BCUT2D eigenvalue weighted by molar-refractivity contribution is 5.79. The number of likely N-dealkylation sites (tertiary alicyclic amines) is 1. The van der Waals surface area contributed by atoms with Gasteiger partial charge in [-0.3, -0.25) is 4.79 Å². The van der Waals surface area contributed by atoms with Crippen LogP contribution < -0.4 is 4.74 Å². The van der Waals surface area contributed by atoms with Gasteiger partial charge in [0.05, 0.1) is 18.5 Å². The molecule has 0 bridgehead atoms. The minimum atomic E-state index is -4.42. The molecule has 0 saturated carbocycles. The molecule has 0 radical (unpaired) electrons. The SMILES string of the molecule is Cc1cc(C)nc(O[C@H]2CCN(C(=O)Cc3cccc(C(F)(F)F)c3)C2)n1. The summed E-state index contributed by atoms with van der Waals surface area (Å²) in [4.78, 5) is 22.5. The Morgan fingerprint density at radius 1 is 1.22 bits per heavy atom. The number of benzene rings is 1. The molecule has 144 valence electrons. The molecule has 0 N–H and O–H groups in total. The smallest absolute Gasteiger partial charge is 0.416 e. The molecule has 2 aromatic rings. The van der Waals surface area contributed by atoms with Crippen molar-refractivity contribution in [1.82, 2.24) is 14.9 Å². The molecule has 1 amide bonds. The third-order valence-corrected chi connectivity index (χ3v) is 4.34. The van der Waals surface area contributed by atoms with E-state index in [0.29, 0.717) is 25.1 Å². The summed E-state index contributed by atoms with van der Waals surface area (Å²) in [5, 5.41) is 0. The van der Waals surface area contributed by atoms with Crippen molar-refractivity contribution in [1.29, 1.82) is 0 Å². The number of aromatic nitrogens is 2. The Bertz CT molecular complexity index is 819. The first-order valence-corrected chi connectivity index (χ1v) is 8.63. The summed E-state index contributed by atoms with van der Waals surface area (Å²) < 4.78 is 44.2. The van der Waals surface area contributed by atoms with Crippen molar-refractivity contribution in [3.8, 4) is 6.01 Å². The van der Waals surface area contributed by atoms with Crippen LogP contribution in [0.3, 0.4) is 0 Å². The fraction of sp³-hybridized carbons (Fsp3) is 0.421. The van der Waals surface area contributed by atoms with Crippen LogP contribution in [0.15, 0.2) is 30.3 Å². The van der Waals surface area contributed by atoms with Crippen molar-refractivity contribution in [2.24, 2.45) is 0 Å². The molecule has 5 nitrogen and oxygen atoms in total. The van der Waals surface area contributed by atoms with Crippen LogP contribution in [0.1, 0.15) is 28.9 Å². The minimum absolute atomic E-state index is 0.0727. The number of hydrogen-bond acceptors (Lipinski definition) is 4. The number of alkyl halides is 3. The molecule has 0 aliphatic carbocycles. The Kier molecular flexibility index (Phi) is 5.34. The highest BCUT2D eigenvalue weighted by atomic mass is 19.4. The summed E-state index contributed by atoms with van der Waals surface area (Å²) in [6.45, 7) is 4.56. The predicted octanol–water partition coefficient (Wildman–Crippen LogP) is 3.33. The zero-order valence-corrected chi connectivity index (χ0v) is 15.1. The summed E-state index contributed by atoms with van der Waals surface area (Å²) in [5.41, 5.74) is 1.19. The van der Waals surface area contributed by atoms with E-state index in [2.05, 4.69) is 9.97 Å². The van der Waals surface area contributed by atoms with Gasteiger partial charge in [0.25, 0.3) is 0 Å². The molecular weight excluding hydrogens is 359 g/mol. The Morgan fingerprint density at radius 2 is 1.93 bits per heavy atom. The summed E-state index contributed by atoms with van der Waals surface area (Å²) in [7, 11) is 0. The monoisotopic (exact) mass is 379 g/mol. The maximum atomic E-state index is 12.8. The zero-order chi connectivity index (χ0) is 19.6. The van der Waals surface area contributed by atoms with Crippen molar-refractivity contribution in [2.75, 3.05) is 13.1 Å². The number of rotatable bonds is 4. The maximum absolute atomic E-state index is 12.8. The van der Waals surface area contributed by atoms with E-state index in [9.17, 15) is 18.0 Å². The van der Waals surface area contributed by atoms with E-state index in [1.54, 1.807) is 4.90 Å². The number of aryl methyl sites for hydroxylation is 2. The number of carbonyl (C=O) groups is 1. The molecule has 0 unspecified atom stereocenters. The molecule has 1 aliphatic heterocycles. The average molecular weight is 379 g/mol. The van der Waals surface area contributed by atoms with Crippen LogP contribution in [0.5, 0.6) is 6.01 Å². The van der Waals surface area contributed by atoms with Gasteiger partial charge < -0.3 is 9.64 Å². The second kappa shape index (κ2) is 7.54. The number of amides is 1. The number of halogens is 3. The van der Waals surface area contributed by atoms with Crippen molar-refractivity contribution < 1.29 is 22.7 Å². The summed E-state index contributed by atoms with van der Waals surface area (Å²) in [5.74, 6) is -0.221. The van der Waals surface area contributed by atoms with E-state index in [-0.39, 0.29) is 24.4 Å². The predicted molar refractivity (Wildman–Crippen MR) is 92.3 cm³/mol. The van der Waals surface area contributed by atoms with Crippen LogP contribution in [0.4, 0.5) is 13.2 Å². The van der Waals surface area contributed by atoms with E-state index >= 15 is 0 Å². The molecule has 1 fully saturated rings. The van der Waals surface area contributed by atoms with Gasteiger partial charge in [0.1, 0.15) is 6.10 Å². The molecule has 8 heteroatoms. The van der Waals surface area contributed by atoms with Gasteiger partial charge in [-0.25, -0.2) is 9.97 Å². The fourth-order valence-electron chi connectivity index (χ4n) is 3.09. The fourth-order valence-corrected chi connectivity index (χ4v) is 3.09. The van der Waals surface area contributed by atoms with Gasteiger partial charge in [-0.05, 0) is 31.5 Å². The van der Waals surface area contributed by atoms with Gasteiger partial charge in [-0.1, -0.05) is 18.2 Å². The lowest BCUT2D eigenvalue weighted by Gasteiger charge is -2.17. The van der Waals surface area contributed by atoms with Crippen molar-refractivity contribution >= 4 is 5.91 Å². The molecule has 2 heterocycles. The van der Waals surface area contributed by atoms with Gasteiger partial charge in [0.2, 0.25) is 5.91 Å². The van der Waals surface area contributed by atoms with Crippen molar-refractivity contribution in [2.45, 2.75) is 39.0 Å². The molecular formula is C19H20F3N3O2. The largest absolute Gasteiger partial charge is 0.458 e. The topological polar surface area (TPSA) is 55.3 Å². The minimum Gasteiger partial charge on any atom is -0.458 e. The Labute approximate surface area is 155 Å². The van der Waals surface area contributed by atoms with Crippen molar-refractivity contribution in [3.63, 3.8) is 0 Å². The molecule has 1 aromatic carbocycles. The van der Waals surface area contributed by atoms with Gasteiger partial charge in [0, 0.05) is 24.4 Å². The Morgan fingerprint density at radius 3 is 2.59 bits per heavy atom. The highest BCUT2D eigenvalue weighted by Crippen LogP contribution is 2.29. The second-order valence-corrected chi connectivity index (χ2v) is 6.68. The first-order chi connectivity index (χ1) is 12.7. The zero-order valence-electron chi connectivity index (χ0n) is 15.1. The van der Waals surface area contributed by atoms with E-state index < -0.39 is 11.7 Å².